The number of nitrogen functional groups attached to an aromatic ring is 1. The van der Waals surface area contributed by atoms with Gasteiger partial charge in [-0.1, -0.05) is 17.7 Å². The van der Waals surface area contributed by atoms with Gasteiger partial charge in [-0.05, 0) is 67.0 Å². The first-order valence-corrected chi connectivity index (χ1v) is 10.5. The van der Waals surface area contributed by atoms with E-state index in [1.54, 1.807) is 10.9 Å². The molecule has 0 aliphatic carbocycles. The zero-order chi connectivity index (χ0) is 21.4. The molecule has 4 heterocycles. The van der Waals surface area contributed by atoms with E-state index in [-0.39, 0.29) is 0 Å². The predicted molar refractivity (Wildman–Crippen MR) is 119 cm³/mol. The Balaban J connectivity index is 1.51. The summed E-state index contributed by atoms with van der Waals surface area (Å²) in [7, 11) is 0. The Morgan fingerprint density at radius 1 is 1.13 bits per heavy atom. The number of hydrogen-bond donors (Lipinski definition) is 2. The number of nitrogens with one attached hydrogen (secondary N) is 1. The van der Waals surface area contributed by atoms with E-state index in [2.05, 4.69) is 37.1 Å². The monoisotopic (exact) mass is 435 g/mol. The third kappa shape index (κ3) is 3.77. The van der Waals surface area contributed by atoms with Gasteiger partial charge in [0.1, 0.15) is 5.82 Å². The summed E-state index contributed by atoms with van der Waals surface area (Å²) >= 11 is 6.30. The Morgan fingerprint density at radius 3 is 2.77 bits per heavy atom. The van der Waals surface area contributed by atoms with Crippen molar-refractivity contribution in [3.05, 3.63) is 53.4 Å². The maximum absolute atomic E-state index is 6.30. The van der Waals surface area contributed by atoms with Gasteiger partial charge in [0.15, 0.2) is 5.82 Å². The molecule has 3 N–H and O–H groups in total. The Morgan fingerprint density at radius 2 is 1.97 bits per heavy atom. The Kier molecular flexibility index (Phi) is 5.13. The lowest BCUT2D eigenvalue weighted by atomic mass is 10.1. The average molecular weight is 436 g/mol. The first-order valence-electron chi connectivity index (χ1n) is 10.2. The minimum atomic E-state index is 0.351. The minimum absolute atomic E-state index is 0.351. The van der Waals surface area contributed by atoms with Gasteiger partial charge in [-0.15, -0.1) is 5.10 Å². The van der Waals surface area contributed by atoms with Gasteiger partial charge in [-0.25, -0.2) is 4.98 Å². The quantitative estimate of drug-likeness (QED) is 0.506. The summed E-state index contributed by atoms with van der Waals surface area (Å²) in [4.78, 5) is 4.40. The smallest absolute Gasteiger partial charge is 0.190 e. The number of pyridine rings is 1. The summed E-state index contributed by atoms with van der Waals surface area (Å²) < 4.78 is 3.66. The fourth-order valence-electron chi connectivity index (χ4n) is 3.81. The van der Waals surface area contributed by atoms with Crippen molar-refractivity contribution in [3.8, 4) is 28.2 Å². The van der Waals surface area contributed by atoms with Crippen LogP contribution in [0.3, 0.4) is 0 Å². The van der Waals surface area contributed by atoms with Crippen molar-refractivity contribution in [2.45, 2.75) is 25.8 Å². The van der Waals surface area contributed by atoms with Crippen LogP contribution in [0.1, 0.15) is 24.4 Å². The van der Waals surface area contributed by atoms with Crippen LogP contribution >= 0.6 is 11.6 Å². The van der Waals surface area contributed by atoms with Gasteiger partial charge in [0.25, 0.3) is 0 Å². The number of rotatable bonds is 4. The molecule has 5 rings (SSSR count). The molecule has 0 spiro atoms. The van der Waals surface area contributed by atoms with Crippen molar-refractivity contribution in [1.29, 1.82) is 0 Å². The second-order valence-corrected chi connectivity index (χ2v) is 8.10. The topological polar surface area (TPSA) is 112 Å². The van der Waals surface area contributed by atoms with Crippen molar-refractivity contribution >= 4 is 17.4 Å². The molecule has 10 heteroatoms. The van der Waals surface area contributed by atoms with E-state index in [0.29, 0.717) is 28.3 Å². The first-order chi connectivity index (χ1) is 15.1. The molecule has 0 atom stereocenters. The summed E-state index contributed by atoms with van der Waals surface area (Å²) in [6, 6.07) is 8.03. The second-order valence-electron chi connectivity index (χ2n) is 7.69. The highest BCUT2D eigenvalue weighted by molar-refractivity contribution is 6.31. The van der Waals surface area contributed by atoms with E-state index < -0.39 is 0 Å². The molecule has 158 valence electrons. The van der Waals surface area contributed by atoms with Crippen LogP contribution in [0.2, 0.25) is 5.02 Å². The SMILES string of the molecule is Cc1ccc(-n2nnnc2-c2cc(-c3cnn(C4CCNCC4)c3)cnc2N)cc1Cl. The molecule has 1 saturated heterocycles. The molecule has 31 heavy (non-hydrogen) atoms. The van der Waals surface area contributed by atoms with Gasteiger partial charge in [0.05, 0.1) is 23.5 Å². The van der Waals surface area contributed by atoms with Crippen LogP contribution in [0.4, 0.5) is 5.82 Å². The molecule has 0 saturated carbocycles. The third-order valence-electron chi connectivity index (χ3n) is 5.65. The number of nitrogens with zero attached hydrogens (tertiary/aromatic N) is 7. The van der Waals surface area contributed by atoms with Crippen LogP contribution in [-0.2, 0) is 0 Å². The zero-order valence-electron chi connectivity index (χ0n) is 17.0. The summed E-state index contributed by atoms with van der Waals surface area (Å²) in [6.45, 7) is 3.97. The fourth-order valence-corrected chi connectivity index (χ4v) is 3.99. The van der Waals surface area contributed by atoms with Crippen molar-refractivity contribution < 1.29 is 0 Å². The molecule has 1 aliphatic heterocycles. The van der Waals surface area contributed by atoms with Gasteiger partial charge >= 0.3 is 0 Å². The molecular weight excluding hydrogens is 414 g/mol. The number of anilines is 1. The maximum atomic E-state index is 6.30. The number of aryl methyl sites for hydroxylation is 1. The van der Waals surface area contributed by atoms with Crippen molar-refractivity contribution in [1.82, 2.24) is 40.3 Å². The summed E-state index contributed by atoms with van der Waals surface area (Å²) in [5, 5.41) is 20.8. The number of piperidine rings is 1. The number of nitrogens with two attached hydrogens (primary N) is 1. The Labute approximate surface area is 184 Å². The van der Waals surface area contributed by atoms with E-state index in [1.165, 1.54) is 0 Å². The predicted octanol–water partition coefficient (Wildman–Crippen LogP) is 3.06. The molecule has 1 aromatic carbocycles. The molecule has 3 aromatic heterocycles. The molecule has 4 aromatic rings. The van der Waals surface area contributed by atoms with Crippen LogP contribution in [0.5, 0.6) is 0 Å². The molecule has 1 aliphatic rings. The number of halogens is 1. The molecule has 9 nitrogen and oxygen atoms in total. The van der Waals surface area contributed by atoms with E-state index in [9.17, 15) is 0 Å². The van der Waals surface area contributed by atoms with Crippen molar-refractivity contribution in [3.63, 3.8) is 0 Å². The lowest BCUT2D eigenvalue weighted by molar-refractivity contribution is 0.343. The highest BCUT2D eigenvalue weighted by Gasteiger charge is 2.19. The standard InChI is InChI=1S/C21H22ClN9/c1-13-2-3-17(9-19(13)22)31-21(27-28-29-31)18-8-14(10-25-20(18)23)15-11-26-30(12-15)16-4-6-24-7-5-16/h2-3,8-12,16,24H,4-7H2,1H3,(H2,23,25). The van der Waals surface area contributed by atoms with Crippen molar-refractivity contribution in [2.75, 3.05) is 18.8 Å². The number of tetrazole rings is 1. The zero-order valence-corrected chi connectivity index (χ0v) is 17.8. The van der Waals surface area contributed by atoms with Gasteiger partial charge in [-0.3, -0.25) is 4.68 Å². The highest BCUT2D eigenvalue weighted by Crippen LogP contribution is 2.30. The van der Waals surface area contributed by atoms with E-state index in [1.807, 2.05) is 42.1 Å². The van der Waals surface area contributed by atoms with Crippen LogP contribution in [0, 0.1) is 6.92 Å². The largest absolute Gasteiger partial charge is 0.383 e. The number of aromatic nitrogens is 7. The van der Waals surface area contributed by atoms with Crippen molar-refractivity contribution in [2.24, 2.45) is 0 Å². The molecule has 1 fully saturated rings. The van der Waals surface area contributed by atoms with Gasteiger partial charge < -0.3 is 11.1 Å². The summed E-state index contributed by atoms with van der Waals surface area (Å²) in [5.41, 5.74) is 10.5. The molecule has 0 unspecified atom stereocenters. The van der Waals surface area contributed by atoms with Gasteiger partial charge in [0, 0.05) is 28.5 Å². The average Bonchev–Trinajstić information content (AvgIpc) is 3.47. The normalized spacial score (nSPS) is 14.8. The number of hydrogen-bond acceptors (Lipinski definition) is 7. The fraction of sp³-hybridized carbons (Fsp3) is 0.286. The lowest BCUT2D eigenvalue weighted by Crippen LogP contribution is -2.29. The van der Waals surface area contributed by atoms with Gasteiger partial charge in [0.2, 0.25) is 0 Å². The third-order valence-corrected chi connectivity index (χ3v) is 6.05. The van der Waals surface area contributed by atoms with Crippen LogP contribution in [0.25, 0.3) is 28.2 Å². The maximum Gasteiger partial charge on any atom is 0.190 e. The molecular formula is C21H22ClN9. The molecule has 0 radical (unpaired) electrons. The first kappa shape index (κ1) is 19.7. The van der Waals surface area contributed by atoms with Gasteiger partial charge in [-0.2, -0.15) is 9.78 Å². The lowest BCUT2D eigenvalue weighted by Gasteiger charge is -2.22. The van der Waals surface area contributed by atoms with Crippen LogP contribution < -0.4 is 11.1 Å². The second kappa shape index (κ2) is 8.09. The summed E-state index contributed by atoms with van der Waals surface area (Å²) in [6.07, 6.45) is 7.82. The Bertz CT molecular complexity index is 1220. The van der Waals surface area contributed by atoms with E-state index >= 15 is 0 Å². The van der Waals surface area contributed by atoms with Crippen LogP contribution in [0.15, 0.2) is 42.9 Å². The highest BCUT2D eigenvalue weighted by atomic mass is 35.5. The Hall–Kier alpha value is -3.30. The molecule has 0 amide bonds. The van der Waals surface area contributed by atoms with Crippen LogP contribution in [-0.4, -0.2) is 48.1 Å². The molecule has 0 bridgehead atoms. The minimum Gasteiger partial charge on any atom is -0.383 e. The number of benzene rings is 1. The van der Waals surface area contributed by atoms with E-state index in [0.717, 1.165) is 48.3 Å². The summed E-state index contributed by atoms with van der Waals surface area (Å²) in [5.74, 6) is 0.848. The van der Waals surface area contributed by atoms with E-state index in [4.69, 9.17) is 17.3 Å².